The van der Waals surface area contributed by atoms with Gasteiger partial charge >= 0.3 is 5.76 Å². The highest BCUT2D eigenvalue weighted by molar-refractivity contribution is 7.89. The van der Waals surface area contributed by atoms with Crippen LogP contribution in [0.15, 0.2) is 62.6 Å². The highest BCUT2D eigenvalue weighted by Gasteiger charge is 2.29. The Bertz CT molecular complexity index is 1140. The molecule has 0 amide bonds. The van der Waals surface area contributed by atoms with E-state index in [-0.39, 0.29) is 4.90 Å². The van der Waals surface area contributed by atoms with Gasteiger partial charge in [-0.15, -0.1) is 0 Å². The first-order valence-electron chi connectivity index (χ1n) is 9.13. The second kappa shape index (κ2) is 7.50. The number of para-hydroxylation sites is 2. The van der Waals surface area contributed by atoms with Crippen molar-refractivity contribution in [1.82, 2.24) is 8.87 Å². The Kier molecular flexibility index (Phi) is 5.05. The summed E-state index contributed by atoms with van der Waals surface area (Å²) in [6.45, 7) is 2.44. The molecular formula is C19H21FN3O4S+. The van der Waals surface area contributed by atoms with Gasteiger partial charge in [-0.25, -0.2) is 22.2 Å². The van der Waals surface area contributed by atoms with Crippen LogP contribution < -0.4 is 10.7 Å². The molecule has 1 N–H and O–H groups in total. The maximum absolute atomic E-state index is 13.1. The van der Waals surface area contributed by atoms with Crippen molar-refractivity contribution in [2.45, 2.75) is 18.0 Å². The van der Waals surface area contributed by atoms with Crippen molar-refractivity contribution in [3.63, 3.8) is 0 Å². The van der Waals surface area contributed by atoms with Gasteiger partial charge < -0.3 is 9.32 Å². The minimum Gasteiger partial charge on any atom is -0.408 e. The highest BCUT2D eigenvalue weighted by Crippen LogP contribution is 2.16. The van der Waals surface area contributed by atoms with Crippen LogP contribution in [0.3, 0.4) is 0 Å². The number of rotatable bonds is 4. The molecule has 2 heterocycles. The zero-order chi connectivity index (χ0) is 19.7. The number of nitrogens with one attached hydrogen (secondary N) is 1. The molecule has 3 aromatic rings. The third-order valence-electron chi connectivity index (χ3n) is 5.06. The molecule has 1 aliphatic rings. The van der Waals surface area contributed by atoms with E-state index in [1.165, 1.54) is 16.4 Å². The first-order valence-corrected chi connectivity index (χ1v) is 10.6. The Morgan fingerprint density at radius 3 is 2.57 bits per heavy atom. The number of aromatic nitrogens is 1. The molecule has 1 aliphatic heterocycles. The van der Waals surface area contributed by atoms with Gasteiger partial charge in [0, 0.05) is 13.0 Å². The van der Waals surface area contributed by atoms with Crippen LogP contribution in [-0.2, 0) is 16.7 Å². The molecule has 1 saturated heterocycles. The second-order valence-electron chi connectivity index (χ2n) is 6.88. The fraction of sp³-hybridized carbons (Fsp3) is 0.316. The first kappa shape index (κ1) is 18.9. The lowest BCUT2D eigenvalue weighted by Gasteiger charge is -2.20. The molecule has 148 valence electrons. The molecule has 0 bridgehead atoms. The number of halogens is 1. The molecule has 0 spiro atoms. The second-order valence-corrected chi connectivity index (χ2v) is 8.82. The van der Waals surface area contributed by atoms with E-state index in [4.69, 9.17) is 4.42 Å². The molecule has 2 aromatic carbocycles. The van der Waals surface area contributed by atoms with E-state index in [0.717, 1.165) is 29.1 Å². The lowest BCUT2D eigenvalue weighted by Crippen LogP contribution is -3.11. The van der Waals surface area contributed by atoms with Gasteiger partial charge in [0.25, 0.3) is 0 Å². The molecular weight excluding hydrogens is 385 g/mol. The van der Waals surface area contributed by atoms with Crippen molar-refractivity contribution >= 4 is 21.1 Å². The Balaban J connectivity index is 1.50. The topological polar surface area (TPSA) is 77.0 Å². The van der Waals surface area contributed by atoms with Crippen molar-refractivity contribution in [1.29, 1.82) is 0 Å². The molecule has 1 fully saturated rings. The molecule has 1 atom stereocenters. The molecule has 1 aromatic heterocycles. The number of quaternary nitrogens is 1. The minimum atomic E-state index is -3.66. The van der Waals surface area contributed by atoms with E-state index in [1.807, 2.05) is 18.2 Å². The molecule has 0 saturated carbocycles. The number of benzene rings is 2. The Labute approximate surface area is 161 Å². The minimum absolute atomic E-state index is 0.0920. The van der Waals surface area contributed by atoms with Crippen LogP contribution in [0.4, 0.5) is 4.39 Å². The number of hydrogen-bond donors (Lipinski definition) is 1. The standard InChI is InChI=1S/C19H20FN3O4S/c20-15-6-8-16(9-7-15)28(25,26)22-11-3-10-21(12-13-22)14-23-17-4-1-2-5-18(17)27-19(23)24/h1-2,4-9H,3,10-14H2/p+1. The zero-order valence-electron chi connectivity index (χ0n) is 15.2. The van der Waals surface area contributed by atoms with Crippen LogP contribution in [0.25, 0.3) is 11.1 Å². The molecule has 0 radical (unpaired) electrons. The SMILES string of the molecule is O=c1oc2ccccc2n1C[NH+]1CCCN(S(=O)(=O)c2ccc(F)cc2)CC1. The number of sulfonamides is 1. The fourth-order valence-corrected chi connectivity index (χ4v) is 5.05. The van der Waals surface area contributed by atoms with E-state index in [9.17, 15) is 17.6 Å². The predicted molar refractivity (Wildman–Crippen MR) is 101 cm³/mol. The molecule has 28 heavy (non-hydrogen) atoms. The van der Waals surface area contributed by atoms with Crippen LogP contribution in [0, 0.1) is 5.82 Å². The summed E-state index contributed by atoms with van der Waals surface area (Å²) in [5.74, 6) is -0.878. The molecule has 4 rings (SSSR count). The van der Waals surface area contributed by atoms with Crippen molar-refractivity contribution < 1.29 is 22.1 Å². The number of oxazole rings is 1. The van der Waals surface area contributed by atoms with Crippen LogP contribution in [0.2, 0.25) is 0 Å². The zero-order valence-corrected chi connectivity index (χ0v) is 16.0. The van der Waals surface area contributed by atoms with Crippen LogP contribution in [0.1, 0.15) is 6.42 Å². The number of nitrogens with zero attached hydrogens (tertiary/aromatic N) is 2. The summed E-state index contributed by atoms with van der Waals surface area (Å²) in [4.78, 5) is 13.4. The fourth-order valence-electron chi connectivity index (χ4n) is 3.57. The lowest BCUT2D eigenvalue weighted by atomic mass is 10.3. The summed E-state index contributed by atoms with van der Waals surface area (Å²) in [6.07, 6.45) is 0.667. The monoisotopic (exact) mass is 406 g/mol. The maximum atomic E-state index is 13.1. The third-order valence-corrected chi connectivity index (χ3v) is 6.97. The molecule has 9 heteroatoms. The summed E-state index contributed by atoms with van der Waals surface area (Å²) >= 11 is 0. The maximum Gasteiger partial charge on any atom is 0.424 e. The molecule has 0 aliphatic carbocycles. The summed E-state index contributed by atoms with van der Waals surface area (Å²) in [7, 11) is -3.66. The molecule has 7 nitrogen and oxygen atoms in total. The predicted octanol–water partition coefficient (Wildman–Crippen LogP) is 0.671. The van der Waals surface area contributed by atoms with Crippen molar-refractivity contribution in [3.8, 4) is 0 Å². The van der Waals surface area contributed by atoms with Crippen LogP contribution >= 0.6 is 0 Å². The average molecular weight is 406 g/mol. The summed E-state index contributed by atoms with van der Waals surface area (Å²) in [5.41, 5.74) is 1.28. The van der Waals surface area contributed by atoms with Gasteiger partial charge in [-0.3, -0.25) is 0 Å². The Hall–Kier alpha value is -2.49. The van der Waals surface area contributed by atoms with Crippen LogP contribution in [-0.4, -0.2) is 43.5 Å². The van der Waals surface area contributed by atoms with E-state index >= 15 is 0 Å². The van der Waals surface area contributed by atoms with Gasteiger partial charge in [0.15, 0.2) is 12.3 Å². The largest absolute Gasteiger partial charge is 0.424 e. The van der Waals surface area contributed by atoms with Crippen LogP contribution in [0.5, 0.6) is 0 Å². The van der Waals surface area contributed by atoms with E-state index in [0.29, 0.717) is 38.3 Å². The first-order chi connectivity index (χ1) is 13.4. The summed E-state index contributed by atoms with van der Waals surface area (Å²) in [6, 6.07) is 12.1. The van der Waals surface area contributed by atoms with Gasteiger partial charge in [-0.05, 0) is 36.4 Å². The number of hydrogen-bond acceptors (Lipinski definition) is 4. The quantitative estimate of drug-likeness (QED) is 0.691. The Morgan fingerprint density at radius 2 is 1.79 bits per heavy atom. The normalized spacial score (nSPS) is 19.0. The summed E-state index contributed by atoms with van der Waals surface area (Å²) < 4.78 is 47.1. The highest BCUT2D eigenvalue weighted by atomic mass is 32.2. The van der Waals surface area contributed by atoms with E-state index in [2.05, 4.69) is 0 Å². The van der Waals surface area contributed by atoms with Crippen molar-refractivity contribution in [2.24, 2.45) is 0 Å². The van der Waals surface area contributed by atoms with E-state index in [1.54, 1.807) is 10.6 Å². The average Bonchev–Trinajstić information content (AvgIpc) is 2.84. The lowest BCUT2D eigenvalue weighted by molar-refractivity contribution is -0.920. The van der Waals surface area contributed by atoms with Gasteiger partial charge in [-0.2, -0.15) is 4.31 Å². The van der Waals surface area contributed by atoms with Gasteiger partial charge in [0.1, 0.15) is 5.82 Å². The van der Waals surface area contributed by atoms with Crippen molar-refractivity contribution in [3.05, 3.63) is 64.9 Å². The van der Waals surface area contributed by atoms with Gasteiger partial charge in [-0.1, -0.05) is 12.1 Å². The number of fused-ring (bicyclic) bond motifs is 1. The van der Waals surface area contributed by atoms with Gasteiger partial charge in [0.05, 0.1) is 30.0 Å². The smallest absolute Gasteiger partial charge is 0.408 e. The third kappa shape index (κ3) is 3.60. The Morgan fingerprint density at radius 1 is 1.04 bits per heavy atom. The van der Waals surface area contributed by atoms with Crippen molar-refractivity contribution in [2.75, 3.05) is 26.2 Å². The van der Waals surface area contributed by atoms with E-state index < -0.39 is 21.6 Å². The molecule has 1 unspecified atom stereocenters. The van der Waals surface area contributed by atoms with Gasteiger partial charge in [0.2, 0.25) is 10.0 Å². The summed E-state index contributed by atoms with van der Waals surface area (Å²) in [5, 5.41) is 0.